The molecule has 0 aromatic carbocycles. The zero-order valence-electron chi connectivity index (χ0n) is 14.9. The molecule has 140 valence electrons. The largest absolute Gasteiger partial charge is 0.660 e. The van der Waals surface area contributed by atoms with Crippen molar-refractivity contribution in [1.82, 2.24) is 16.0 Å². The topological polar surface area (TPSA) is 50.2 Å². The molecule has 0 aromatic heterocycles. The third-order valence-corrected chi connectivity index (χ3v) is 1.85. The monoisotopic (exact) mass is 381 g/mol. The SMILES string of the molecule is C1CNCCNCCNCC[N-]1.Cl.Cl.[CH3-].[CH3-].[CH3-].[CH3-].[CH3-].[CH3-].[Ti]. The van der Waals surface area contributed by atoms with E-state index in [1.165, 1.54) is 0 Å². The van der Waals surface area contributed by atoms with Crippen LogP contribution in [0.1, 0.15) is 0 Å². The summed E-state index contributed by atoms with van der Waals surface area (Å²) in [6, 6.07) is 0. The fourth-order valence-electron chi connectivity index (χ4n) is 1.16. The van der Waals surface area contributed by atoms with Gasteiger partial charge in [-0.1, -0.05) is 0 Å². The van der Waals surface area contributed by atoms with Gasteiger partial charge in [0.2, 0.25) is 0 Å². The number of halogens is 2. The second-order valence-electron chi connectivity index (χ2n) is 2.92. The summed E-state index contributed by atoms with van der Waals surface area (Å²) in [5.41, 5.74) is 0. The minimum atomic E-state index is 0. The summed E-state index contributed by atoms with van der Waals surface area (Å²) < 4.78 is 0. The average molecular weight is 382 g/mol. The molecule has 1 aliphatic rings. The maximum Gasteiger partial charge on any atom is 0.00772 e. The van der Waals surface area contributed by atoms with Gasteiger partial charge in [0.15, 0.2) is 0 Å². The molecule has 0 bridgehead atoms. The molecule has 3 N–H and O–H groups in total. The maximum atomic E-state index is 4.36. The Hall–Kier alpha value is 1.13. The molecule has 4 nitrogen and oxygen atoms in total. The van der Waals surface area contributed by atoms with Gasteiger partial charge in [0, 0.05) is 47.9 Å². The van der Waals surface area contributed by atoms with Gasteiger partial charge in [0.1, 0.15) is 0 Å². The van der Waals surface area contributed by atoms with Gasteiger partial charge in [-0.25, -0.2) is 0 Å². The van der Waals surface area contributed by atoms with E-state index >= 15 is 0 Å². The molecule has 1 saturated heterocycles. The van der Waals surface area contributed by atoms with Crippen LogP contribution in [0.5, 0.6) is 0 Å². The number of hydrogen-bond donors (Lipinski definition) is 3. The van der Waals surface area contributed by atoms with E-state index in [1.54, 1.807) is 0 Å². The van der Waals surface area contributed by atoms with E-state index in [9.17, 15) is 0 Å². The van der Waals surface area contributed by atoms with Crippen molar-refractivity contribution in [2.24, 2.45) is 0 Å². The predicted octanol–water partition coefficient (Wildman–Crippen LogP) is 2.69. The summed E-state index contributed by atoms with van der Waals surface area (Å²) >= 11 is 0. The number of nitrogens with one attached hydrogen (secondary N) is 3. The van der Waals surface area contributed by atoms with E-state index in [0.29, 0.717) is 0 Å². The molecule has 1 heterocycles. The Labute approximate surface area is 164 Å². The zero-order chi connectivity index (χ0) is 8.49. The molecular formula is C14H39Cl2N4Ti-7. The zero-order valence-corrected chi connectivity index (χ0v) is 18.1. The Kier molecular flexibility index (Phi) is 136. The van der Waals surface area contributed by atoms with Gasteiger partial charge in [-0.3, -0.25) is 0 Å². The van der Waals surface area contributed by atoms with Gasteiger partial charge in [0.05, 0.1) is 0 Å². The van der Waals surface area contributed by atoms with E-state index in [4.69, 9.17) is 0 Å². The summed E-state index contributed by atoms with van der Waals surface area (Å²) in [5, 5.41) is 14.4. The van der Waals surface area contributed by atoms with Crippen LogP contribution in [-0.4, -0.2) is 52.4 Å². The minimum Gasteiger partial charge on any atom is -0.660 e. The van der Waals surface area contributed by atoms with Crippen LogP contribution in [0.3, 0.4) is 0 Å². The van der Waals surface area contributed by atoms with Crippen molar-refractivity contribution in [3.05, 3.63) is 49.9 Å². The summed E-state index contributed by atoms with van der Waals surface area (Å²) in [6.07, 6.45) is 0. The fraction of sp³-hybridized carbons (Fsp3) is 0.571. The van der Waals surface area contributed by atoms with Crippen LogP contribution < -0.4 is 16.0 Å². The van der Waals surface area contributed by atoms with Crippen molar-refractivity contribution in [1.29, 1.82) is 0 Å². The molecule has 0 spiro atoms. The van der Waals surface area contributed by atoms with Gasteiger partial charge in [0.25, 0.3) is 0 Å². The third kappa shape index (κ3) is 44.9. The molecule has 0 aliphatic carbocycles. The Morgan fingerprint density at radius 3 is 1.00 bits per heavy atom. The van der Waals surface area contributed by atoms with Crippen molar-refractivity contribution in [3.63, 3.8) is 0 Å². The molecule has 21 heavy (non-hydrogen) atoms. The summed E-state index contributed by atoms with van der Waals surface area (Å²) in [4.78, 5) is 0. The van der Waals surface area contributed by atoms with E-state index in [2.05, 4.69) is 21.3 Å². The molecule has 1 rings (SSSR count). The fourth-order valence-corrected chi connectivity index (χ4v) is 1.16. The normalized spacial score (nSPS) is 13.7. The van der Waals surface area contributed by atoms with Crippen molar-refractivity contribution in [2.45, 2.75) is 0 Å². The van der Waals surface area contributed by atoms with Crippen molar-refractivity contribution < 1.29 is 21.7 Å². The summed E-state index contributed by atoms with van der Waals surface area (Å²) in [5.74, 6) is 0. The molecule has 0 amide bonds. The van der Waals surface area contributed by atoms with E-state index in [-0.39, 0.29) is 91.1 Å². The van der Waals surface area contributed by atoms with Crippen LogP contribution in [0.2, 0.25) is 0 Å². The molecule has 0 atom stereocenters. The molecule has 0 aromatic rings. The molecule has 0 saturated carbocycles. The number of rotatable bonds is 0. The van der Waals surface area contributed by atoms with Crippen LogP contribution in [0.25, 0.3) is 5.32 Å². The first kappa shape index (κ1) is 57.3. The molecule has 1 aliphatic heterocycles. The predicted molar refractivity (Wildman–Crippen MR) is 105 cm³/mol. The average Bonchev–Trinajstić information content (AvgIpc) is 2.05. The van der Waals surface area contributed by atoms with Crippen LogP contribution in [0.4, 0.5) is 0 Å². The Morgan fingerprint density at radius 2 is 0.714 bits per heavy atom. The van der Waals surface area contributed by atoms with Gasteiger partial charge >= 0.3 is 0 Å². The smallest absolute Gasteiger partial charge is 0.00772 e. The minimum absolute atomic E-state index is 0. The van der Waals surface area contributed by atoms with Crippen LogP contribution in [0, 0.1) is 44.6 Å². The Balaban J connectivity index is -0.0000000229. The van der Waals surface area contributed by atoms with Crippen LogP contribution >= 0.6 is 24.8 Å². The Morgan fingerprint density at radius 1 is 0.476 bits per heavy atom. The van der Waals surface area contributed by atoms with E-state index < -0.39 is 0 Å². The van der Waals surface area contributed by atoms with E-state index in [0.717, 1.165) is 52.4 Å². The van der Waals surface area contributed by atoms with Gasteiger partial charge < -0.3 is 65.8 Å². The number of nitrogens with zero attached hydrogens (tertiary/aromatic N) is 1. The first-order valence-electron chi connectivity index (χ1n) is 4.75. The van der Waals surface area contributed by atoms with Crippen molar-refractivity contribution in [2.75, 3.05) is 52.4 Å². The second-order valence-corrected chi connectivity index (χ2v) is 2.92. The first-order valence-corrected chi connectivity index (χ1v) is 4.75. The van der Waals surface area contributed by atoms with Crippen molar-refractivity contribution in [3.8, 4) is 0 Å². The van der Waals surface area contributed by atoms with Crippen LogP contribution in [0.15, 0.2) is 0 Å². The van der Waals surface area contributed by atoms with Gasteiger partial charge in [-0.2, -0.15) is 0 Å². The molecule has 1 fully saturated rings. The van der Waals surface area contributed by atoms with Crippen LogP contribution in [-0.2, 0) is 21.7 Å². The molecule has 0 radical (unpaired) electrons. The summed E-state index contributed by atoms with van der Waals surface area (Å²) in [6.45, 7) is 8.14. The Bertz CT molecular complexity index is 72.0. The maximum absolute atomic E-state index is 4.36. The molecule has 0 unspecified atom stereocenters. The standard InChI is InChI=1S/C8H19N4.6CH3.2ClH.Ti/c1-2-10-5-6-12-8-7-11-4-3-9-1;;;;;;;;;/h9-11H,1-8H2;6*1H3;2*1H;/q7*-1;;;. The molecule has 7 heteroatoms. The third-order valence-electron chi connectivity index (χ3n) is 1.85. The summed E-state index contributed by atoms with van der Waals surface area (Å²) in [7, 11) is 0. The number of hydrogen-bond acceptors (Lipinski definition) is 3. The van der Waals surface area contributed by atoms with E-state index in [1.807, 2.05) is 0 Å². The van der Waals surface area contributed by atoms with Gasteiger partial charge in [-0.15, -0.1) is 37.9 Å². The first-order chi connectivity index (χ1) is 6.00. The quantitative estimate of drug-likeness (QED) is 0.446. The second kappa shape index (κ2) is 49.7. The molecular weight excluding hydrogens is 343 g/mol. The van der Waals surface area contributed by atoms with Crippen molar-refractivity contribution >= 4 is 24.8 Å². The van der Waals surface area contributed by atoms with Gasteiger partial charge in [-0.05, 0) is 13.1 Å².